The fraction of sp³-hybridized carbons (Fsp3) is 0.360. The molecule has 0 bridgehead atoms. The number of hydrogen-bond acceptors (Lipinski definition) is 9. The third-order valence-corrected chi connectivity index (χ3v) is 7.42. The molecule has 0 amide bonds. The summed E-state index contributed by atoms with van der Waals surface area (Å²) in [5, 5.41) is 6.49. The lowest BCUT2D eigenvalue weighted by atomic mass is 10.2. The Bertz CT molecular complexity index is 1330. The highest BCUT2D eigenvalue weighted by Crippen LogP contribution is 2.33. The highest BCUT2D eigenvalue weighted by Gasteiger charge is 2.20. The Morgan fingerprint density at radius 3 is 2.59 bits per heavy atom. The number of nitrogens with zero attached hydrogens (tertiary/aromatic N) is 3. The predicted molar refractivity (Wildman–Crippen MR) is 146 cm³/mol. The van der Waals surface area contributed by atoms with Crippen molar-refractivity contribution in [1.29, 1.82) is 0 Å². The fourth-order valence-corrected chi connectivity index (χ4v) is 5.25. The maximum Gasteiger partial charge on any atom is 0.242 e. The predicted octanol–water partition coefficient (Wildman–Crippen LogP) is 4.40. The lowest BCUT2D eigenvalue weighted by Gasteiger charge is -2.29. The van der Waals surface area contributed by atoms with Gasteiger partial charge in [0.05, 0.1) is 37.9 Å². The van der Waals surface area contributed by atoms with Gasteiger partial charge in [-0.25, -0.2) is 18.1 Å². The molecule has 2 aromatic carbocycles. The molecular weight excluding hydrogens is 516 g/mol. The number of nitrogens with one attached hydrogen (secondary N) is 3. The molecule has 198 valence electrons. The Morgan fingerprint density at radius 1 is 1.11 bits per heavy atom. The zero-order valence-corrected chi connectivity index (χ0v) is 22.6. The van der Waals surface area contributed by atoms with E-state index in [4.69, 9.17) is 21.1 Å². The average Bonchev–Trinajstić information content (AvgIpc) is 2.90. The van der Waals surface area contributed by atoms with Gasteiger partial charge in [-0.2, -0.15) is 4.98 Å². The Kier molecular flexibility index (Phi) is 8.70. The Morgan fingerprint density at radius 2 is 1.86 bits per heavy atom. The Labute approximate surface area is 222 Å². The van der Waals surface area contributed by atoms with Crippen LogP contribution in [0, 0.1) is 5.92 Å². The van der Waals surface area contributed by atoms with Gasteiger partial charge in [0, 0.05) is 25.3 Å². The molecule has 0 spiro atoms. The second-order valence-corrected chi connectivity index (χ2v) is 11.0. The van der Waals surface area contributed by atoms with Crippen LogP contribution in [0.4, 0.5) is 28.8 Å². The zero-order valence-electron chi connectivity index (χ0n) is 21.0. The molecule has 1 fully saturated rings. The molecule has 0 aliphatic carbocycles. The van der Waals surface area contributed by atoms with Gasteiger partial charge in [0.15, 0.2) is 5.82 Å². The number of aromatic nitrogens is 2. The molecule has 2 heterocycles. The van der Waals surface area contributed by atoms with E-state index >= 15 is 0 Å². The molecular formula is C25H31ClN6O4S. The first-order chi connectivity index (χ1) is 17.8. The molecule has 12 heteroatoms. The minimum atomic E-state index is -3.75. The molecule has 0 radical (unpaired) electrons. The van der Waals surface area contributed by atoms with Gasteiger partial charge in [-0.15, -0.1) is 0 Å². The topological polar surface area (TPSA) is 118 Å². The maximum atomic E-state index is 12.9. The quantitative estimate of drug-likeness (QED) is 0.340. The summed E-state index contributed by atoms with van der Waals surface area (Å²) in [6.07, 6.45) is 1.45. The van der Waals surface area contributed by atoms with Crippen LogP contribution >= 0.6 is 11.6 Å². The smallest absolute Gasteiger partial charge is 0.242 e. The summed E-state index contributed by atoms with van der Waals surface area (Å²) in [6.45, 7) is 7.14. The van der Waals surface area contributed by atoms with Gasteiger partial charge < -0.3 is 25.0 Å². The minimum absolute atomic E-state index is 0.0970. The van der Waals surface area contributed by atoms with Gasteiger partial charge in [0.25, 0.3) is 0 Å². The van der Waals surface area contributed by atoms with Crippen LogP contribution in [0.25, 0.3) is 0 Å². The van der Waals surface area contributed by atoms with Crippen molar-refractivity contribution in [1.82, 2.24) is 14.7 Å². The van der Waals surface area contributed by atoms with Crippen LogP contribution in [0.5, 0.6) is 5.75 Å². The lowest BCUT2D eigenvalue weighted by Crippen LogP contribution is -2.36. The number of halogens is 1. The van der Waals surface area contributed by atoms with Crippen molar-refractivity contribution in [2.45, 2.75) is 18.7 Å². The van der Waals surface area contributed by atoms with Crippen molar-refractivity contribution in [2.75, 3.05) is 55.5 Å². The summed E-state index contributed by atoms with van der Waals surface area (Å²) < 4.78 is 39.5. The van der Waals surface area contributed by atoms with E-state index in [2.05, 4.69) is 30.2 Å². The second-order valence-electron chi connectivity index (χ2n) is 8.87. The monoisotopic (exact) mass is 546 g/mol. The number of hydrogen-bond donors (Lipinski definition) is 3. The van der Waals surface area contributed by atoms with Gasteiger partial charge in [-0.3, -0.25) is 0 Å². The van der Waals surface area contributed by atoms with Crippen molar-refractivity contribution < 1.29 is 17.9 Å². The molecule has 0 unspecified atom stereocenters. The number of benzene rings is 2. The van der Waals surface area contributed by atoms with E-state index in [0.717, 1.165) is 18.8 Å². The normalized spacial score (nSPS) is 14.0. The van der Waals surface area contributed by atoms with Crippen LogP contribution in [0.3, 0.4) is 0 Å². The second kappa shape index (κ2) is 12.0. The standard InChI is InChI=1S/C25H31ClN6O4S/c1-17(2)15-28-37(33,34)23-7-5-4-6-20(23)29-24-19(26)16-27-25(31-24)30-21-14-18(8-9-22(21)35-3)32-10-12-36-13-11-32/h4-9,14,16-17,28H,10-13,15H2,1-3H3,(H2,27,29,30,31). The highest BCUT2D eigenvalue weighted by atomic mass is 35.5. The summed E-state index contributed by atoms with van der Waals surface area (Å²) in [7, 11) is -2.15. The van der Waals surface area contributed by atoms with E-state index in [9.17, 15) is 8.42 Å². The number of morpholine rings is 1. The summed E-state index contributed by atoms with van der Waals surface area (Å²) in [5.41, 5.74) is 2.05. The van der Waals surface area contributed by atoms with Crippen molar-refractivity contribution in [3.63, 3.8) is 0 Å². The molecule has 37 heavy (non-hydrogen) atoms. The largest absolute Gasteiger partial charge is 0.495 e. The Balaban J connectivity index is 1.60. The first kappa shape index (κ1) is 26.9. The summed E-state index contributed by atoms with van der Waals surface area (Å²) >= 11 is 6.38. The first-order valence-corrected chi connectivity index (χ1v) is 13.8. The van der Waals surface area contributed by atoms with Crippen LogP contribution in [0.2, 0.25) is 5.02 Å². The number of ether oxygens (including phenoxy) is 2. The van der Waals surface area contributed by atoms with E-state index in [1.165, 1.54) is 12.3 Å². The summed E-state index contributed by atoms with van der Waals surface area (Å²) in [5.74, 6) is 1.31. The Hall–Kier alpha value is -3.12. The summed E-state index contributed by atoms with van der Waals surface area (Å²) in [4.78, 5) is 11.1. The molecule has 3 N–H and O–H groups in total. The van der Waals surface area contributed by atoms with Gasteiger partial charge in [-0.05, 0) is 36.2 Å². The molecule has 10 nitrogen and oxygen atoms in total. The van der Waals surface area contributed by atoms with E-state index < -0.39 is 10.0 Å². The van der Waals surface area contributed by atoms with Crippen molar-refractivity contribution in [3.8, 4) is 5.75 Å². The van der Waals surface area contributed by atoms with Crippen LogP contribution in [-0.2, 0) is 14.8 Å². The number of rotatable bonds is 10. The molecule has 0 atom stereocenters. The lowest BCUT2D eigenvalue weighted by molar-refractivity contribution is 0.122. The van der Waals surface area contributed by atoms with Crippen LogP contribution in [-0.4, -0.2) is 58.3 Å². The van der Waals surface area contributed by atoms with Gasteiger partial charge >= 0.3 is 0 Å². The van der Waals surface area contributed by atoms with Crippen molar-refractivity contribution >= 4 is 50.5 Å². The third-order valence-electron chi connectivity index (χ3n) is 5.66. The zero-order chi connectivity index (χ0) is 26.4. The van der Waals surface area contributed by atoms with Gasteiger partial charge in [0.1, 0.15) is 15.7 Å². The number of para-hydroxylation sites is 1. The SMILES string of the molecule is COc1ccc(N2CCOCC2)cc1Nc1ncc(Cl)c(Nc2ccccc2S(=O)(=O)NCC(C)C)n1. The number of methoxy groups -OCH3 is 1. The minimum Gasteiger partial charge on any atom is -0.495 e. The highest BCUT2D eigenvalue weighted by molar-refractivity contribution is 7.89. The molecule has 0 saturated carbocycles. The number of anilines is 5. The first-order valence-electron chi connectivity index (χ1n) is 11.9. The van der Waals surface area contributed by atoms with Crippen molar-refractivity contribution in [3.05, 3.63) is 53.7 Å². The summed E-state index contributed by atoms with van der Waals surface area (Å²) in [6, 6.07) is 12.4. The van der Waals surface area contributed by atoms with E-state index in [0.29, 0.717) is 36.9 Å². The van der Waals surface area contributed by atoms with Crippen LogP contribution in [0.15, 0.2) is 53.6 Å². The third kappa shape index (κ3) is 6.80. The molecule has 1 aliphatic rings. The van der Waals surface area contributed by atoms with Gasteiger partial charge in [-0.1, -0.05) is 37.6 Å². The van der Waals surface area contributed by atoms with Crippen LogP contribution < -0.4 is 25.0 Å². The van der Waals surface area contributed by atoms with Crippen molar-refractivity contribution in [2.24, 2.45) is 5.92 Å². The molecule has 3 aromatic rings. The van der Waals surface area contributed by atoms with E-state index in [1.54, 1.807) is 25.3 Å². The van der Waals surface area contributed by atoms with E-state index in [-0.39, 0.29) is 27.6 Å². The average molecular weight is 547 g/mol. The fourth-order valence-electron chi connectivity index (χ4n) is 3.73. The van der Waals surface area contributed by atoms with Gasteiger partial charge in [0.2, 0.25) is 16.0 Å². The molecule has 1 aliphatic heterocycles. The maximum absolute atomic E-state index is 12.9. The molecule has 1 aromatic heterocycles. The molecule has 4 rings (SSSR count). The van der Waals surface area contributed by atoms with Crippen LogP contribution in [0.1, 0.15) is 13.8 Å². The number of sulfonamides is 1. The van der Waals surface area contributed by atoms with E-state index in [1.807, 2.05) is 32.0 Å². The molecule has 1 saturated heterocycles.